The van der Waals surface area contributed by atoms with Crippen LogP contribution in [0.1, 0.15) is 53.4 Å². The molecule has 1 unspecified atom stereocenters. The van der Waals surface area contributed by atoms with Gasteiger partial charge in [-0.1, -0.05) is 20.8 Å². The number of likely N-dealkylation sites (tertiary alicyclic amines) is 1. The third-order valence-electron chi connectivity index (χ3n) is 5.17. The van der Waals surface area contributed by atoms with Gasteiger partial charge in [0, 0.05) is 26.2 Å². The first-order chi connectivity index (χ1) is 11.9. The fraction of sp³-hybridized carbons (Fsp3) is 0.833. The normalized spacial score (nSPS) is 23.2. The fourth-order valence-electron chi connectivity index (χ4n) is 3.89. The quantitative estimate of drug-likeness (QED) is 0.783. The van der Waals surface area contributed by atoms with Crippen molar-refractivity contribution in [1.29, 1.82) is 0 Å². The summed E-state index contributed by atoms with van der Waals surface area (Å²) in [4.78, 5) is 41.5. The molecule has 2 fully saturated rings. The molecule has 0 saturated carbocycles. The van der Waals surface area contributed by atoms with Crippen LogP contribution in [0.25, 0.3) is 0 Å². The summed E-state index contributed by atoms with van der Waals surface area (Å²) in [5.41, 5.74) is -0.802. The molecule has 1 atom stereocenters. The number of rotatable bonds is 5. The third-order valence-corrected chi connectivity index (χ3v) is 5.17. The molecule has 0 bridgehead atoms. The summed E-state index contributed by atoms with van der Waals surface area (Å²) in [6, 6.07) is -0.522. The smallest absolute Gasteiger partial charge is 0.317 e. The number of carbonyl (C=O) groups excluding carboxylic acids is 3. The second kappa shape index (κ2) is 8.06. The maximum Gasteiger partial charge on any atom is 0.317 e. The van der Waals surface area contributed by atoms with Crippen molar-refractivity contribution in [3.63, 3.8) is 0 Å². The van der Waals surface area contributed by atoms with Crippen LogP contribution in [0.15, 0.2) is 0 Å². The minimum atomic E-state index is -0.802. The van der Waals surface area contributed by atoms with Crippen LogP contribution >= 0.6 is 0 Å². The van der Waals surface area contributed by atoms with Gasteiger partial charge >= 0.3 is 6.03 Å². The molecule has 142 valence electrons. The van der Waals surface area contributed by atoms with Crippen LogP contribution in [-0.4, -0.2) is 65.4 Å². The monoisotopic (exact) mass is 352 g/mol. The minimum absolute atomic E-state index is 0.0293. The average molecular weight is 352 g/mol. The zero-order valence-electron chi connectivity index (χ0n) is 15.9. The van der Waals surface area contributed by atoms with Gasteiger partial charge in [0.1, 0.15) is 11.6 Å². The molecule has 0 radical (unpaired) electrons. The van der Waals surface area contributed by atoms with Crippen LogP contribution in [0.3, 0.4) is 0 Å². The summed E-state index contributed by atoms with van der Waals surface area (Å²) < 4.78 is 0. The zero-order valence-corrected chi connectivity index (χ0v) is 15.9. The highest BCUT2D eigenvalue weighted by molar-refractivity contribution is 6.00. The van der Waals surface area contributed by atoms with Gasteiger partial charge in [-0.05, 0) is 38.5 Å². The number of nitrogens with one attached hydrogen (secondary N) is 2. The Morgan fingerprint density at radius 2 is 1.92 bits per heavy atom. The van der Waals surface area contributed by atoms with Crippen LogP contribution in [0.5, 0.6) is 0 Å². The molecule has 2 saturated heterocycles. The van der Waals surface area contributed by atoms with E-state index in [9.17, 15) is 14.4 Å². The van der Waals surface area contributed by atoms with E-state index in [2.05, 4.69) is 24.5 Å². The van der Waals surface area contributed by atoms with Crippen LogP contribution in [0, 0.1) is 5.92 Å². The Kier molecular flexibility index (Phi) is 6.30. The van der Waals surface area contributed by atoms with E-state index in [0.29, 0.717) is 51.4 Å². The molecule has 0 aromatic carbocycles. The highest BCUT2D eigenvalue weighted by Gasteiger charge is 2.53. The minimum Gasteiger partial charge on any atom is -0.342 e. The average Bonchev–Trinajstić information content (AvgIpc) is 2.57. The van der Waals surface area contributed by atoms with Gasteiger partial charge in [0.15, 0.2) is 0 Å². The van der Waals surface area contributed by atoms with E-state index in [-0.39, 0.29) is 17.8 Å². The number of urea groups is 1. The number of piperidine rings is 1. The lowest BCUT2D eigenvalue weighted by Crippen LogP contribution is -2.73. The van der Waals surface area contributed by atoms with E-state index in [4.69, 9.17) is 0 Å². The molecular weight excluding hydrogens is 320 g/mol. The summed E-state index contributed by atoms with van der Waals surface area (Å²) >= 11 is 0. The van der Waals surface area contributed by atoms with Gasteiger partial charge in [-0.3, -0.25) is 9.59 Å². The summed E-state index contributed by atoms with van der Waals surface area (Å²) in [7, 11) is 0. The first-order valence-electron chi connectivity index (χ1n) is 9.51. The maximum atomic E-state index is 13.0. The molecule has 2 N–H and O–H groups in total. The van der Waals surface area contributed by atoms with Crippen molar-refractivity contribution < 1.29 is 14.4 Å². The molecule has 2 aliphatic heterocycles. The Morgan fingerprint density at radius 3 is 2.44 bits per heavy atom. The highest BCUT2D eigenvalue weighted by atomic mass is 16.2. The number of carbonyl (C=O) groups is 3. The molecule has 4 amide bonds. The predicted molar refractivity (Wildman–Crippen MR) is 96.0 cm³/mol. The first-order valence-corrected chi connectivity index (χ1v) is 9.51. The molecule has 7 nitrogen and oxygen atoms in total. The Morgan fingerprint density at radius 1 is 1.28 bits per heavy atom. The molecule has 7 heteroatoms. The van der Waals surface area contributed by atoms with E-state index in [1.54, 1.807) is 9.80 Å². The van der Waals surface area contributed by atoms with Crippen LogP contribution in [-0.2, 0) is 9.59 Å². The maximum absolute atomic E-state index is 13.0. The number of hydrogen-bond donors (Lipinski definition) is 2. The van der Waals surface area contributed by atoms with Gasteiger partial charge in [-0.15, -0.1) is 0 Å². The third kappa shape index (κ3) is 3.90. The molecule has 2 rings (SSSR count). The van der Waals surface area contributed by atoms with Gasteiger partial charge in [0.25, 0.3) is 0 Å². The molecule has 0 aromatic rings. The second-order valence-electron chi connectivity index (χ2n) is 7.50. The Bertz CT molecular complexity index is 512. The first kappa shape index (κ1) is 19.5. The van der Waals surface area contributed by atoms with E-state index in [0.717, 1.165) is 6.42 Å². The Hall–Kier alpha value is -1.79. The Labute approximate surface area is 150 Å². The molecule has 2 heterocycles. The number of hydrogen-bond acceptors (Lipinski definition) is 3. The van der Waals surface area contributed by atoms with Crippen molar-refractivity contribution in [3.8, 4) is 0 Å². The molecule has 0 aromatic heterocycles. The number of piperazine rings is 1. The largest absolute Gasteiger partial charge is 0.342 e. The zero-order chi connectivity index (χ0) is 18.6. The van der Waals surface area contributed by atoms with Crippen molar-refractivity contribution in [1.82, 2.24) is 20.4 Å². The van der Waals surface area contributed by atoms with Crippen LogP contribution < -0.4 is 10.6 Å². The lowest BCUT2D eigenvalue weighted by molar-refractivity contribution is -0.161. The SMILES string of the molecule is CCCN1C(=O)C(CC(C)C)NC(=O)C12CCN(C(=O)NCC)CC2. The van der Waals surface area contributed by atoms with Crippen molar-refractivity contribution in [3.05, 3.63) is 0 Å². The fourth-order valence-corrected chi connectivity index (χ4v) is 3.89. The van der Waals surface area contributed by atoms with Crippen molar-refractivity contribution in [2.75, 3.05) is 26.2 Å². The summed E-state index contributed by atoms with van der Waals surface area (Å²) in [5, 5.41) is 5.76. The molecule has 2 aliphatic rings. The molecule has 1 spiro atoms. The molecule has 25 heavy (non-hydrogen) atoms. The van der Waals surface area contributed by atoms with Gasteiger partial charge in [-0.25, -0.2) is 4.79 Å². The van der Waals surface area contributed by atoms with E-state index >= 15 is 0 Å². The molecular formula is C18H32N4O3. The van der Waals surface area contributed by atoms with Crippen molar-refractivity contribution in [2.45, 2.75) is 65.0 Å². The predicted octanol–water partition coefficient (Wildman–Crippen LogP) is 1.33. The highest BCUT2D eigenvalue weighted by Crippen LogP contribution is 2.34. The van der Waals surface area contributed by atoms with Crippen LogP contribution in [0.4, 0.5) is 4.79 Å². The van der Waals surface area contributed by atoms with Gasteiger partial charge < -0.3 is 20.4 Å². The lowest BCUT2D eigenvalue weighted by Gasteiger charge is -2.51. The standard InChI is InChI=1S/C18H32N4O3/c1-5-9-22-15(23)14(12-13(3)4)20-16(24)18(22)7-10-21(11-8-18)17(25)19-6-2/h13-14H,5-12H2,1-4H3,(H,19,25)(H,20,24). The van der Waals surface area contributed by atoms with E-state index < -0.39 is 11.6 Å². The van der Waals surface area contributed by atoms with Crippen LogP contribution in [0.2, 0.25) is 0 Å². The second-order valence-corrected chi connectivity index (χ2v) is 7.50. The van der Waals surface area contributed by atoms with Crippen molar-refractivity contribution >= 4 is 17.8 Å². The lowest BCUT2D eigenvalue weighted by atomic mass is 9.81. The summed E-state index contributed by atoms with van der Waals surface area (Å²) in [6.45, 7) is 10.2. The van der Waals surface area contributed by atoms with E-state index in [1.807, 2.05) is 13.8 Å². The van der Waals surface area contributed by atoms with Crippen molar-refractivity contribution in [2.24, 2.45) is 5.92 Å². The topological polar surface area (TPSA) is 81.8 Å². The summed E-state index contributed by atoms with van der Waals surface area (Å²) in [5.74, 6) is 0.315. The van der Waals surface area contributed by atoms with Gasteiger partial charge in [0.2, 0.25) is 11.8 Å². The summed E-state index contributed by atoms with van der Waals surface area (Å²) in [6.07, 6.45) is 2.47. The number of nitrogens with zero attached hydrogens (tertiary/aromatic N) is 2. The van der Waals surface area contributed by atoms with E-state index in [1.165, 1.54) is 0 Å². The molecule has 0 aliphatic carbocycles. The Balaban J connectivity index is 2.17. The van der Waals surface area contributed by atoms with Gasteiger partial charge in [-0.2, -0.15) is 0 Å². The number of amides is 4. The van der Waals surface area contributed by atoms with Gasteiger partial charge in [0.05, 0.1) is 0 Å².